The van der Waals surface area contributed by atoms with Crippen LogP contribution >= 0.6 is 0 Å². The lowest BCUT2D eigenvalue weighted by Gasteiger charge is -2.41. The lowest BCUT2D eigenvalue weighted by Crippen LogP contribution is -2.56. The molecular formula is C18H29N3. The highest BCUT2D eigenvalue weighted by Crippen LogP contribution is 2.26. The maximum Gasteiger partial charge on any atom is 0.0412 e. The number of benzene rings is 1. The van der Waals surface area contributed by atoms with Gasteiger partial charge in [0.05, 0.1) is 0 Å². The maximum absolute atomic E-state index is 3.68. The van der Waals surface area contributed by atoms with Crippen molar-refractivity contribution in [1.29, 1.82) is 0 Å². The highest BCUT2D eigenvalue weighted by Gasteiger charge is 2.26. The first-order chi connectivity index (χ1) is 10.3. The molecule has 0 radical (unpaired) electrons. The Hall–Kier alpha value is -1.22. The number of anilines is 2. The van der Waals surface area contributed by atoms with Gasteiger partial charge in [0.15, 0.2) is 0 Å². The molecule has 0 aromatic heterocycles. The van der Waals surface area contributed by atoms with E-state index in [1.54, 1.807) is 0 Å². The summed E-state index contributed by atoms with van der Waals surface area (Å²) in [6.07, 6.45) is 5.10. The van der Waals surface area contributed by atoms with Crippen LogP contribution in [0.15, 0.2) is 24.3 Å². The molecule has 0 amide bonds. The maximum atomic E-state index is 3.68. The molecule has 3 nitrogen and oxygen atoms in total. The smallest absolute Gasteiger partial charge is 0.0412 e. The third-order valence-electron chi connectivity index (χ3n) is 5.12. The summed E-state index contributed by atoms with van der Waals surface area (Å²) >= 11 is 0. The average Bonchev–Trinajstić information content (AvgIpc) is 3.09. The fraction of sp³-hybridized carbons (Fsp3) is 0.667. The minimum Gasteiger partial charge on any atom is -0.372 e. The molecule has 0 saturated carbocycles. The summed E-state index contributed by atoms with van der Waals surface area (Å²) in [6, 6.07) is 10.5. The fourth-order valence-electron chi connectivity index (χ4n) is 3.65. The van der Waals surface area contributed by atoms with Crippen LogP contribution in [0.25, 0.3) is 0 Å². The van der Waals surface area contributed by atoms with E-state index in [0.717, 1.165) is 13.1 Å². The van der Waals surface area contributed by atoms with Crippen molar-refractivity contribution >= 4 is 11.4 Å². The third-order valence-corrected chi connectivity index (χ3v) is 5.12. The SMILES string of the molecule is CCC1CN(c2ccc(N3CCCC3)cc2)C(CC)CN1. The lowest BCUT2D eigenvalue weighted by molar-refractivity contribution is 0.379. The van der Waals surface area contributed by atoms with Gasteiger partial charge in [-0.05, 0) is 49.9 Å². The Labute approximate surface area is 129 Å². The predicted octanol–water partition coefficient (Wildman–Crippen LogP) is 3.25. The molecular weight excluding hydrogens is 258 g/mol. The van der Waals surface area contributed by atoms with E-state index in [-0.39, 0.29) is 0 Å². The molecule has 1 N–H and O–H groups in total. The molecule has 0 bridgehead atoms. The zero-order valence-corrected chi connectivity index (χ0v) is 13.5. The van der Waals surface area contributed by atoms with E-state index in [1.165, 1.54) is 50.1 Å². The monoisotopic (exact) mass is 287 g/mol. The summed E-state index contributed by atoms with van der Waals surface area (Å²) in [5.74, 6) is 0. The van der Waals surface area contributed by atoms with Gasteiger partial charge in [-0.25, -0.2) is 0 Å². The first kappa shape index (κ1) is 14.7. The molecule has 2 aliphatic rings. The molecule has 1 aromatic rings. The molecule has 2 aliphatic heterocycles. The standard InChI is InChI=1S/C18H29N3/c1-3-15-14-21(16(4-2)13-19-15)18-9-7-17(8-10-18)20-11-5-6-12-20/h7-10,15-16,19H,3-6,11-14H2,1-2H3. The summed E-state index contributed by atoms with van der Waals surface area (Å²) in [7, 11) is 0. The summed E-state index contributed by atoms with van der Waals surface area (Å²) < 4.78 is 0. The van der Waals surface area contributed by atoms with E-state index in [2.05, 4.69) is 53.2 Å². The van der Waals surface area contributed by atoms with E-state index in [0.29, 0.717) is 12.1 Å². The molecule has 3 heteroatoms. The molecule has 3 rings (SSSR count). The summed E-state index contributed by atoms with van der Waals surface area (Å²) in [5, 5.41) is 3.68. The second kappa shape index (κ2) is 6.69. The Morgan fingerprint density at radius 3 is 2.29 bits per heavy atom. The minimum atomic E-state index is 0.630. The van der Waals surface area contributed by atoms with E-state index in [4.69, 9.17) is 0 Å². The topological polar surface area (TPSA) is 18.5 Å². The molecule has 0 spiro atoms. The Balaban J connectivity index is 1.74. The number of hydrogen-bond donors (Lipinski definition) is 1. The number of nitrogens with zero attached hydrogens (tertiary/aromatic N) is 2. The van der Waals surface area contributed by atoms with Crippen molar-refractivity contribution in [2.24, 2.45) is 0 Å². The third kappa shape index (κ3) is 3.18. The molecule has 0 aliphatic carbocycles. The van der Waals surface area contributed by atoms with Crippen LogP contribution in [0.5, 0.6) is 0 Å². The van der Waals surface area contributed by atoms with Crippen molar-refractivity contribution in [2.45, 2.75) is 51.6 Å². The number of hydrogen-bond acceptors (Lipinski definition) is 3. The zero-order valence-electron chi connectivity index (χ0n) is 13.5. The average molecular weight is 287 g/mol. The van der Waals surface area contributed by atoms with Gasteiger partial charge in [-0.15, -0.1) is 0 Å². The molecule has 2 unspecified atom stereocenters. The molecule has 2 heterocycles. The molecule has 21 heavy (non-hydrogen) atoms. The molecule has 2 saturated heterocycles. The number of piperazine rings is 1. The van der Waals surface area contributed by atoms with Crippen molar-refractivity contribution < 1.29 is 0 Å². The van der Waals surface area contributed by atoms with Gasteiger partial charge in [-0.3, -0.25) is 0 Å². The molecule has 1 aromatic carbocycles. The Bertz CT molecular complexity index is 436. The van der Waals surface area contributed by atoms with Gasteiger partial charge in [0, 0.05) is 49.6 Å². The van der Waals surface area contributed by atoms with Gasteiger partial charge in [0.2, 0.25) is 0 Å². The molecule has 116 valence electrons. The Kier molecular flexibility index (Phi) is 4.69. The van der Waals surface area contributed by atoms with Gasteiger partial charge in [0.1, 0.15) is 0 Å². The number of rotatable bonds is 4. The fourth-order valence-corrected chi connectivity index (χ4v) is 3.65. The predicted molar refractivity (Wildman–Crippen MR) is 91.4 cm³/mol. The van der Waals surface area contributed by atoms with Crippen LogP contribution in [-0.2, 0) is 0 Å². The summed E-state index contributed by atoms with van der Waals surface area (Å²) in [6.45, 7) is 9.27. The normalized spacial score (nSPS) is 26.4. The van der Waals surface area contributed by atoms with Crippen molar-refractivity contribution in [2.75, 3.05) is 36.0 Å². The van der Waals surface area contributed by atoms with Gasteiger partial charge in [-0.1, -0.05) is 13.8 Å². The van der Waals surface area contributed by atoms with Crippen molar-refractivity contribution in [3.8, 4) is 0 Å². The highest BCUT2D eigenvalue weighted by molar-refractivity contribution is 5.57. The van der Waals surface area contributed by atoms with Crippen LogP contribution < -0.4 is 15.1 Å². The zero-order chi connectivity index (χ0) is 14.7. The Morgan fingerprint density at radius 1 is 1.00 bits per heavy atom. The van der Waals surface area contributed by atoms with Crippen LogP contribution in [0.3, 0.4) is 0 Å². The summed E-state index contributed by atoms with van der Waals surface area (Å²) in [5.41, 5.74) is 2.79. The first-order valence-electron chi connectivity index (χ1n) is 8.66. The van der Waals surface area contributed by atoms with Gasteiger partial charge in [-0.2, -0.15) is 0 Å². The van der Waals surface area contributed by atoms with E-state index < -0.39 is 0 Å². The Morgan fingerprint density at radius 2 is 1.67 bits per heavy atom. The lowest BCUT2D eigenvalue weighted by atomic mass is 10.0. The molecule has 2 fully saturated rings. The van der Waals surface area contributed by atoms with Gasteiger partial charge >= 0.3 is 0 Å². The van der Waals surface area contributed by atoms with Crippen molar-refractivity contribution in [3.05, 3.63) is 24.3 Å². The minimum absolute atomic E-state index is 0.630. The van der Waals surface area contributed by atoms with Gasteiger partial charge < -0.3 is 15.1 Å². The highest BCUT2D eigenvalue weighted by atomic mass is 15.2. The van der Waals surface area contributed by atoms with Crippen LogP contribution in [-0.4, -0.2) is 38.3 Å². The van der Waals surface area contributed by atoms with Crippen LogP contribution in [0.4, 0.5) is 11.4 Å². The molecule has 2 atom stereocenters. The second-order valence-corrected chi connectivity index (χ2v) is 6.44. The quantitative estimate of drug-likeness (QED) is 0.917. The van der Waals surface area contributed by atoms with E-state index in [1.807, 2.05) is 0 Å². The largest absolute Gasteiger partial charge is 0.372 e. The van der Waals surface area contributed by atoms with Crippen LogP contribution in [0, 0.1) is 0 Å². The number of nitrogens with one attached hydrogen (secondary N) is 1. The summed E-state index contributed by atoms with van der Waals surface area (Å²) in [4.78, 5) is 5.12. The van der Waals surface area contributed by atoms with E-state index in [9.17, 15) is 0 Å². The van der Waals surface area contributed by atoms with Crippen molar-refractivity contribution in [1.82, 2.24) is 5.32 Å². The van der Waals surface area contributed by atoms with Crippen LogP contribution in [0.1, 0.15) is 39.5 Å². The second-order valence-electron chi connectivity index (χ2n) is 6.44. The van der Waals surface area contributed by atoms with E-state index >= 15 is 0 Å². The van der Waals surface area contributed by atoms with Gasteiger partial charge in [0.25, 0.3) is 0 Å². The van der Waals surface area contributed by atoms with Crippen LogP contribution in [0.2, 0.25) is 0 Å². The first-order valence-corrected chi connectivity index (χ1v) is 8.66. The van der Waals surface area contributed by atoms with Crippen molar-refractivity contribution in [3.63, 3.8) is 0 Å².